The Balaban J connectivity index is 2.21. The average Bonchev–Trinajstić information content (AvgIpc) is 2.19. The van der Waals surface area contributed by atoms with Crippen LogP contribution in [0.2, 0.25) is 0 Å². The topological polar surface area (TPSA) is 35.8 Å². The second-order valence-corrected chi connectivity index (χ2v) is 4.36. The number of hydrogen-bond acceptors (Lipinski definition) is 3. The molecule has 0 amide bonds. The van der Waals surface area contributed by atoms with E-state index < -0.39 is 0 Å². The van der Waals surface area contributed by atoms with Gasteiger partial charge in [0.15, 0.2) is 0 Å². The van der Waals surface area contributed by atoms with E-state index in [0.717, 1.165) is 37.6 Å². The van der Waals surface area contributed by atoms with Crippen molar-refractivity contribution in [2.45, 2.75) is 39.5 Å². The summed E-state index contributed by atoms with van der Waals surface area (Å²) in [6.07, 6.45) is 4.47. The van der Waals surface area contributed by atoms with Crippen LogP contribution >= 0.6 is 0 Å². The van der Waals surface area contributed by atoms with Crippen molar-refractivity contribution < 1.29 is 5.21 Å². The molecule has 3 heteroatoms. The summed E-state index contributed by atoms with van der Waals surface area (Å²) in [6, 6.07) is 0. The summed E-state index contributed by atoms with van der Waals surface area (Å²) in [7, 11) is 0. The van der Waals surface area contributed by atoms with Crippen LogP contribution < -0.4 is 0 Å². The first-order valence-electron chi connectivity index (χ1n) is 5.68. The van der Waals surface area contributed by atoms with E-state index in [0.29, 0.717) is 0 Å². The summed E-state index contributed by atoms with van der Waals surface area (Å²) < 4.78 is 0. The summed E-state index contributed by atoms with van der Waals surface area (Å²) in [5, 5.41) is 11.9. The van der Waals surface area contributed by atoms with Gasteiger partial charge in [0.05, 0.1) is 5.71 Å². The van der Waals surface area contributed by atoms with Gasteiger partial charge in [-0.2, -0.15) is 0 Å². The zero-order valence-electron chi connectivity index (χ0n) is 9.37. The SMILES string of the molecule is CCCC(C)CN1CCC(=NO)CC1. The number of likely N-dealkylation sites (tertiary alicyclic amines) is 1. The van der Waals surface area contributed by atoms with Crippen LogP contribution in [0.1, 0.15) is 39.5 Å². The van der Waals surface area contributed by atoms with Crippen molar-refractivity contribution in [1.82, 2.24) is 4.90 Å². The molecule has 1 N–H and O–H groups in total. The van der Waals surface area contributed by atoms with Gasteiger partial charge in [-0.3, -0.25) is 0 Å². The van der Waals surface area contributed by atoms with Crippen LogP contribution in [0.15, 0.2) is 5.16 Å². The average molecular weight is 198 g/mol. The van der Waals surface area contributed by atoms with Crippen LogP contribution in [-0.4, -0.2) is 35.5 Å². The Morgan fingerprint density at radius 2 is 2.07 bits per heavy atom. The molecule has 1 atom stereocenters. The van der Waals surface area contributed by atoms with Crippen LogP contribution in [0.4, 0.5) is 0 Å². The summed E-state index contributed by atoms with van der Waals surface area (Å²) in [4.78, 5) is 2.48. The third kappa shape index (κ3) is 3.66. The zero-order chi connectivity index (χ0) is 10.4. The highest BCUT2D eigenvalue weighted by Crippen LogP contribution is 2.12. The van der Waals surface area contributed by atoms with Gasteiger partial charge in [0.25, 0.3) is 0 Å². The smallest absolute Gasteiger partial charge is 0.0596 e. The monoisotopic (exact) mass is 198 g/mol. The fraction of sp³-hybridized carbons (Fsp3) is 0.909. The number of oxime groups is 1. The van der Waals surface area contributed by atoms with Crippen LogP contribution in [0.5, 0.6) is 0 Å². The molecule has 1 aliphatic heterocycles. The van der Waals surface area contributed by atoms with E-state index in [4.69, 9.17) is 5.21 Å². The number of piperidine rings is 1. The lowest BCUT2D eigenvalue weighted by molar-refractivity contribution is 0.227. The first-order valence-corrected chi connectivity index (χ1v) is 5.68. The molecule has 1 saturated heterocycles. The van der Waals surface area contributed by atoms with Gasteiger partial charge in [0.2, 0.25) is 0 Å². The molecule has 14 heavy (non-hydrogen) atoms. The van der Waals surface area contributed by atoms with E-state index in [-0.39, 0.29) is 0 Å². The van der Waals surface area contributed by atoms with Gasteiger partial charge in [-0.05, 0) is 12.3 Å². The maximum atomic E-state index is 8.61. The normalized spacial score (nSPS) is 20.9. The Labute approximate surface area is 86.8 Å². The fourth-order valence-corrected chi connectivity index (χ4v) is 2.12. The Hall–Kier alpha value is -0.570. The zero-order valence-corrected chi connectivity index (χ0v) is 9.37. The van der Waals surface area contributed by atoms with E-state index in [2.05, 4.69) is 23.9 Å². The lowest BCUT2D eigenvalue weighted by atomic mass is 10.0. The molecule has 1 heterocycles. The minimum absolute atomic E-state index is 0.799. The minimum Gasteiger partial charge on any atom is -0.411 e. The lowest BCUT2D eigenvalue weighted by Gasteiger charge is -2.29. The van der Waals surface area contributed by atoms with Gasteiger partial charge < -0.3 is 10.1 Å². The van der Waals surface area contributed by atoms with Crippen LogP contribution in [-0.2, 0) is 0 Å². The standard InChI is InChI=1S/C11H22N2O/c1-3-4-10(2)9-13-7-5-11(12-14)6-8-13/h10,14H,3-9H2,1-2H3. The fourth-order valence-electron chi connectivity index (χ4n) is 2.12. The highest BCUT2D eigenvalue weighted by atomic mass is 16.4. The second kappa shape index (κ2) is 6.02. The second-order valence-electron chi connectivity index (χ2n) is 4.36. The molecule has 0 bridgehead atoms. The van der Waals surface area contributed by atoms with Crippen molar-refractivity contribution in [3.63, 3.8) is 0 Å². The molecule has 0 aromatic heterocycles. The van der Waals surface area contributed by atoms with E-state index in [1.807, 2.05) is 0 Å². The van der Waals surface area contributed by atoms with E-state index in [1.54, 1.807) is 0 Å². The van der Waals surface area contributed by atoms with Gasteiger partial charge in [-0.25, -0.2) is 0 Å². The molecule has 0 spiro atoms. The predicted molar refractivity (Wildman–Crippen MR) is 59.0 cm³/mol. The number of nitrogens with zero attached hydrogens (tertiary/aromatic N) is 2. The van der Waals surface area contributed by atoms with Crippen molar-refractivity contribution in [2.75, 3.05) is 19.6 Å². The number of hydrogen-bond donors (Lipinski definition) is 1. The maximum Gasteiger partial charge on any atom is 0.0596 e. The maximum absolute atomic E-state index is 8.61. The largest absolute Gasteiger partial charge is 0.411 e. The molecular formula is C11H22N2O. The van der Waals surface area contributed by atoms with Crippen molar-refractivity contribution in [3.8, 4) is 0 Å². The molecule has 82 valence electrons. The third-order valence-corrected chi connectivity index (χ3v) is 2.93. The molecule has 0 aliphatic carbocycles. The number of rotatable bonds is 4. The van der Waals surface area contributed by atoms with Crippen LogP contribution in [0, 0.1) is 5.92 Å². The Morgan fingerprint density at radius 1 is 1.43 bits per heavy atom. The van der Waals surface area contributed by atoms with E-state index in [9.17, 15) is 0 Å². The molecule has 1 unspecified atom stereocenters. The van der Waals surface area contributed by atoms with Gasteiger partial charge in [-0.1, -0.05) is 25.4 Å². The van der Waals surface area contributed by atoms with Gasteiger partial charge >= 0.3 is 0 Å². The minimum atomic E-state index is 0.799. The van der Waals surface area contributed by atoms with Crippen molar-refractivity contribution in [3.05, 3.63) is 0 Å². The van der Waals surface area contributed by atoms with E-state index in [1.165, 1.54) is 19.4 Å². The summed E-state index contributed by atoms with van der Waals surface area (Å²) >= 11 is 0. The van der Waals surface area contributed by atoms with Crippen molar-refractivity contribution in [1.29, 1.82) is 0 Å². The van der Waals surface area contributed by atoms with Gasteiger partial charge in [0, 0.05) is 32.5 Å². The highest BCUT2D eigenvalue weighted by Gasteiger charge is 2.16. The molecule has 1 aliphatic rings. The Bertz CT molecular complexity index is 182. The quantitative estimate of drug-likeness (QED) is 0.556. The molecule has 0 saturated carbocycles. The van der Waals surface area contributed by atoms with Crippen molar-refractivity contribution in [2.24, 2.45) is 11.1 Å². The van der Waals surface area contributed by atoms with Gasteiger partial charge in [-0.15, -0.1) is 0 Å². The molecule has 1 rings (SSSR count). The Kier molecular flexibility index (Phi) is 4.94. The first kappa shape index (κ1) is 11.5. The Morgan fingerprint density at radius 3 is 2.57 bits per heavy atom. The summed E-state index contributed by atoms with van der Waals surface area (Å²) in [5.74, 6) is 0.799. The molecule has 0 aromatic carbocycles. The van der Waals surface area contributed by atoms with Crippen LogP contribution in [0.25, 0.3) is 0 Å². The van der Waals surface area contributed by atoms with Crippen molar-refractivity contribution >= 4 is 5.71 Å². The summed E-state index contributed by atoms with van der Waals surface area (Å²) in [6.45, 7) is 7.88. The molecule has 3 nitrogen and oxygen atoms in total. The summed E-state index contributed by atoms with van der Waals surface area (Å²) in [5.41, 5.74) is 0.962. The molecule has 0 aromatic rings. The van der Waals surface area contributed by atoms with E-state index >= 15 is 0 Å². The van der Waals surface area contributed by atoms with Crippen LogP contribution in [0.3, 0.4) is 0 Å². The molecule has 1 fully saturated rings. The van der Waals surface area contributed by atoms with Gasteiger partial charge in [0.1, 0.15) is 0 Å². The third-order valence-electron chi connectivity index (χ3n) is 2.93. The first-order chi connectivity index (χ1) is 6.76. The molecule has 0 radical (unpaired) electrons. The predicted octanol–water partition coefficient (Wildman–Crippen LogP) is 2.35. The highest BCUT2D eigenvalue weighted by molar-refractivity contribution is 5.84. The lowest BCUT2D eigenvalue weighted by Crippen LogP contribution is -2.36. The molecular weight excluding hydrogens is 176 g/mol.